The fourth-order valence-corrected chi connectivity index (χ4v) is 3.77. The normalized spacial score (nSPS) is 18.8. The number of thiophene rings is 1. The van der Waals surface area contributed by atoms with Crippen molar-refractivity contribution in [3.05, 3.63) is 39.7 Å². The molecule has 0 saturated carbocycles. The molecule has 0 bridgehead atoms. The van der Waals surface area contributed by atoms with Gasteiger partial charge in [-0.05, 0) is 44.7 Å². The van der Waals surface area contributed by atoms with E-state index in [1.54, 1.807) is 11.3 Å². The lowest BCUT2D eigenvalue weighted by Gasteiger charge is -2.21. The lowest BCUT2D eigenvalue weighted by molar-refractivity contribution is 0.228. The van der Waals surface area contributed by atoms with Crippen LogP contribution in [0.2, 0.25) is 0 Å². The van der Waals surface area contributed by atoms with E-state index in [1.807, 2.05) is 25.3 Å². The standard InChI is InChI=1S/C16H18N4O2S/c1-10-15(19-22-18-10)14-4-3-6-20(14)8-13-11(2)21-16(17-13)12-5-7-23-9-12/h5,7,9,14H,3-4,6,8H2,1-2H3/t14-/m1/s1. The van der Waals surface area contributed by atoms with Crippen LogP contribution in [0.5, 0.6) is 0 Å². The second-order valence-electron chi connectivity index (χ2n) is 5.90. The Morgan fingerprint density at radius 2 is 2.26 bits per heavy atom. The number of hydrogen-bond donors (Lipinski definition) is 0. The third kappa shape index (κ3) is 2.70. The van der Waals surface area contributed by atoms with E-state index in [1.165, 1.54) is 0 Å². The molecule has 0 unspecified atom stereocenters. The number of hydrogen-bond acceptors (Lipinski definition) is 7. The molecule has 1 aliphatic heterocycles. The van der Waals surface area contributed by atoms with Crippen molar-refractivity contribution >= 4 is 11.3 Å². The number of oxazole rings is 1. The molecule has 3 aromatic heterocycles. The van der Waals surface area contributed by atoms with Gasteiger partial charge in [-0.2, -0.15) is 11.3 Å². The van der Waals surface area contributed by atoms with E-state index < -0.39 is 0 Å². The van der Waals surface area contributed by atoms with Crippen molar-refractivity contribution < 1.29 is 9.05 Å². The summed E-state index contributed by atoms with van der Waals surface area (Å²) in [5, 5.41) is 12.1. The van der Waals surface area contributed by atoms with E-state index in [0.29, 0.717) is 5.89 Å². The van der Waals surface area contributed by atoms with Crippen LogP contribution in [0.25, 0.3) is 11.5 Å². The summed E-state index contributed by atoms with van der Waals surface area (Å²) in [5.74, 6) is 1.58. The van der Waals surface area contributed by atoms with E-state index in [9.17, 15) is 0 Å². The van der Waals surface area contributed by atoms with Crippen LogP contribution in [0.3, 0.4) is 0 Å². The van der Waals surface area contributed by atoms with Crippen molar-refractivity contribution in [3.8, 4) is 11.5 Å². The van der Waals surface area contributed by atoms with Crippen molar-refractivity contribution in [3.63, 3.8) is 0 Å². The molecule has 1 aliphatic rings. The SMILES string of the molecule is Cc1nonc1[C@H]1CCCN1Cc1nc(-c2ccsc2)oc1C. The number of aromatic nitrogens is 3. The Labute approximate surface area is 138 Å². The van der Waals surface area contributed by atoms with Crippen molar-refractivity contribution in [2.24, 2.45) is 0 Å². The average Bonchev–Trinajstić information content (AvgIpc) is 3.28. The highest BCUT2D eigenvalue weighted by Gasteiger charge is 2.31. The Hall–Kier alpha value is -1.99. The average molecular weight is 330 g/mol. The van der Waals surface area contributed by atoms with Crippen LogP contribution in [0.15, 0.2) is 25.9 Å². The lowest BCUT2D eigenvalue weighted by atomic mass is 10.1. The molecule has 0 spiro atoms. The number of rotatable bonds is 4. The molecule has 0 radical (unpaired) electrons. The molecule has 0 N–H and O–H groups in total. The predicted octanol–water partition coefficient (Wildman–Crippen LogP) is 3.74. The summed E-state index contributed by atoms with van der Waals surface area (Å²) in [5.41, 5.74) is 3.85. The Kier molecular flexibility index (Phi) is 3.74. The summed E-state index contributed by atoms with van der Waals surface area (Å²) in [7, 11) is 0. The van der Waals surface area contributed by atoms with Crippen LogP contribution < -0.4 is 0 Å². The van der Waals surface area contributed by atoms with E-state index >= 15 is 0 Å². The van der Waals surface area contributed by atoms with Gasteiger partial charge in [-0.3, -0.25) is 4.90 Å². The minimum Gasteiger partial charge on any atom is -0.441 e. The minimum absolute atomic E-state index is 0.252. The lowest BCUT2D eigenvalue weighted by Crippen LogP contribution is -2.24. The molecule has 120 valence electrons. The first-order valence-electron chi connectivity index (χ1n) is 7.74. The molecule has 1 atom stereocenters. The first kappa shape index (κ1) is 14.6. The van der Waals surface area contributed by atoms with Gasteiger partial charge in [0.25, 0.3) is 0 Å². The molecule has 4 heterocycles. The van der Waals surface area contributed by atoms with Gasteiger partial charge >= 0.3 is 0 Å². The minimum atomic E-state index is 0.252. The van der Waals surface area contributed by atoms with Gasteiger partial charge in [0.15, 0.2) is 0 Å². The van der Waals surface area contributed by atoms with E-state index in [0.717, 1.165) is 54.3 Å². The molecular formula is C16H18N4O2S. The summed E-state index contributed by atoms with van der Waals surface area (Å²) in [6, 6.07) is 2.28. The summed E-state index contributed by atoms with van der Waals surface area (Å²) in [4.78, 5) is 7.08. The zero-order chi connectivity index (χ0) is 15.8. The molecule has 1 saturated heterocycles. The summed E-state index contributed by atoms with van der Waals surface area (Å²) < 4.78 is 10.7. The zero-order valence-corrected chi connectivity index (χ0v) is 14.0. The van der Waals surface area contributed by atoms with E-state index in [-0.39, 0.29) is 6.04 Å². The number of nitrogens with zero attached hydrogens (tertiary/aromatic N) is 4. The molecular weight excluding hydrogens is 312 g/mol. The maximum absolute atomic E-state index is 5.84. The molecule has 7 heteroatoms. The topological polar surface area (TPSA) is 68.2 Å². The van der Waals surface area contributed by atoms with Gasteiger partial charge in [-0.1, -0.05) is 10.3 Å². The third-order valence-electron chi connectivity index (χ3n) is 4.38. The summed E-state index contributed by atoms with van der Waals surface area (Å²) in [6.07, 6.45) is 2.22. The van der Waals surface area contributed by atoms with Crippen LogP contribution in [0, 0.1) is 13.8 Å². The Balaban J connectivity index is 1.57. The quantitative estimate of drug-likeness (QED) is 0.726. The predicted molar refractivity (Wildman–Crippen MR) is 86.0 cm³/mol. The number of aryl methyl sites for hydroxylation is 2. The Bertz CT molecular complexity index is 793. The van der Waals surface area contributed by atoms with E-state index in [2.05, 4.69) is 20.6 Å². The maximum atomic E-state index is 5.84. The van der Waals surface area contributed by atoms with Gasteiger partial charge in [-0.25, -0.2) is 9.61 Å². The second kappa shape index (κ2) is 5.90. The highest BCUT2D eigenvalue weighted by atomic mass is 32.1. The smallest absolute Gasteiger partial charge is 0.227 e. The molecule has 1 fully saturated rings. The van der Waals surface area contributed by atoms with Gasteiger partial charge in [-0.15, -0.1) is 0 Å². The van der Waals surface area contributed by atoms with Crippen LogP contribution in [0.4, 0.5) is 0 Å². The van der Waals surface area contributed by atoms with Gasteiger partial charge < -0.3 is 4.42 Å². The fourth-order valence-electron chi connectivity index (χ4n) is 3.14. The Morgan fingerprint density at radius 3 is 3.00 bits per heavy atom. The van der Waals surface area contributed by atoms with Gasteiger partial charge in [0, 0.05) is 17.5 Å². The second-order valence-corrected chi connectivity index (χ2v) is 6.68. The van der Waals surface area contributed by atoms with Crippen LogP contribution in [-0.2, 0) is 6.54 Å². The monoisotopic (exact) mass is 330 g/mol. The third-order valence-corrected chi connectivity index (χ3v) is 5.06. The summed E-state index contributed by atoms with van der Waals surface area (Å²) >= 11 is 1.65. The molecule has 0 aromatic carbocycles. The fraction of sp³-hybridized carbons (Fsp3) is 0.438. The molecule has 3 aromatic rings. The largest absolute Gasteiger partial charge is 0.441 e. The first-order valence-corrected chi connectivity index (χ1v) is 8.68. The van der Waals surface area contributed by atoms with Crippen molar-refractivity contribution in [2.45, 2.75) is 39.3 Å². The molecule has 6 nitrogen and oxygen atoms in total. The molecule has 4 rings (SSSR count). The zero-order valence-electron chi connectivity index (χ0n) is 13.2. The Morgan fingerprint density at radius 1 is 1.35 bits per heavy atom. The van der Waals surface area contributed by atoms with Crippen LogP contribution in [0.1, 0.15) is 41.7 Å². The highest BCUT2D eigenvalue weighted by molar-refractivity contribution is 7.08. The van der Waals surface area contributed by atoms with Crippen molar-refractivity contribution in [2.75, 3.05) is 6.54 Å². The first-order chi connectivity index (χ1) is 11.2. The highest BCUT2D eigenvalue weighted by Crippen LogP contribution is 2.34. The number of likely N-dealkylation sites (tertiary alicyclic amines) is 1. The van der Waals surface area contributed by atoms with Gasteiger partial charge in [0.05, 0.1) is 11.7 Å². The van der Waals surface area contributed by atoms with Crippen LogP contribution >= 0.6 is 11.3 Å². The van der Waals surface area contributed by atoms with Gasteiger partial charge in [0.1, 0.15) is 17.1 Å². The molecule has 0 aliphatic carbocycles. The van der Waals surface area contributed by atoms with Gasteiger partial charge in [0.2, 0.25) is 5.89 Å². The summed E-state index contributed by atoms with van der Waals surface area (Å²) in [6.45, 7) is 5.71. The van der Waals surface area contributed by atoms with Crippen LogP contribution in [-0.4, -0.2) is 26.7 Å². The molecule has 0 amide bonds. The van der Waals surface area contributed by atoms with Crippen molar-refractivity contribution in [1.29, 1.82) is 0 Å². The van der Waals surface area contributed by atoms with Crippen molar-refractivity contribution in [1.82, 2.24) is 20.2 Å². The maximum Gasteiger partial charge on any atom is 0.227 e. The van der Waals surface area contributed by atoms with E-state index in [4.69, 9.17) is 14.0 Å². The molecule has 23 heavy (non-hydrogen) atoms.